The maximum absolute atomic E-state index is 12.3. The number of aromatic nitrogens is 3. The normalized spacial score (nSPS) is 11.6. The van der Waals surface area contributed by atoms with E-state index >= 15 is 0 Å². The third-order valence-electron chi connectivity index (χ3n) is 2.44. The molecule has 7 nitrogen and oxygen atoms in total. The number of sulfonamides is 1. The summed E-state index contributed by atoms with van der Waals surface area (Å²) in [5, 5.41) is 7.21. The summed E-state index contributed by atoms with van der Waals surface area (Å²) >= 11 is 0. The van der Waals surface area contributed by atoms with Crippen molar-refractivity contribution in [2.45, 2.75) is 4.90 Å². The predicted octanol–water partition coefficient (Wildman–Crippen LogP) is 1.42. The van der Waals surface area contributed by atoms with Crippen molar-refractivity contribution in [3.05, 3.63) is 42.6 Å². The van der Waals surface area contributed by atoms with Gasteiger partial charge in [-0.1, -0.05) is 12.1 Å². The number of nitrogens with zero attached hydrogens (tertiary/aromatic N) is 3. The average Bonchev–Trinajstić information content (AvgIpc) is 2.87. The van der Waals surface area contributed by atoms with Gasteiger partial charge in [0.15, 0.2) is 5.52 Å². The molecule has 0 bridgehead atoms. The summed E-state index contributed by atoms with van der Waals surface area (Å²) in [5.74, 6) is 0.232. The minimum absolute atomic E-state index is 0.00287. The smallest absolute Gasteiger partial charge is 0.263 e. The summed E-state index contributed by atoms with van der Waals surface area (Å²) in [5.41, 5.74) is 0.565. The number of fused-ring (bicyclic) bond motifs is 1. The monoisotopic (exact) mass is 276 g/mol. The summed E-state index contributed by atoms with van der Waals surface area (Å²) < 4.78 is 31.4. The Kier molecular flexibility index (Phi) is 2.64. The van der Waals surface area contributed by atoms with E-state index in [4.69, 9.17) is 0 Å². The highest BCUT2D eigenvalue weighted by atomic mass is 32.2. The van der Waals surface area contributed by atoms with Gasteiger partial charge in [0.05, 0.1) is 0 Å². The number of rotatable bonds is 3. The molecule has 0 spiro atoms. The lowest BCUT2D eigenvalue weighted by Gasteiger charge is -2.06. The first-order valence-electron chi connectivity index (χ1n) is 5.32. The van der Waals surface area contributed by atoms with Crippen LogP contribution in [0.25, 0.3) is 11.0 Å². The number of anilines is 1. The Bertz CT molecular complexity index is 814. The van der Waals surface area contributed by atoms with Crippen LogP contribution in [-0.4, -0.2) is 23.7 Å². The molecule has 0 fully saturated rings. The first kappa shape index (κ1) is 11.6. The van der Waals surface area contributed by atoms with Gasteiger partial charge in [0, 0.05) is 6.20 Å². The highest BCUT2D eigenvalue weighted by Gasteiger charge is 2.20. The Morgan fingerprint density at radius 2 is 1.95 bits per heavy atom. The molecular weight excluding hydrogens is 268 g/mol. The number of pyridine rings is 1. The fourth-order valence-corrected chi connectivity index (χ4v) is 2.77. The van der Waals surface area contributed by atoms with Gasteiger partial charge in [0.1, 0.15) is 16.2 Å². The topological polar surface area (TPSA) is 98.0 Å². The average molecular weight is 276 g/mol. The van der Waals surface area contributed by atoms with E-state index in [-0.39, 0.29) is 16.2 Å². The lowest BCUT2D eigenvalue weighted by molar-refractivity contribution is 0.315. The predicted molar refractivity (Wildman–Crippen MR) is 66.8 cm³/mol. The summed E-state index contributed by atoms with van der Waals surface area (Å²) in [6.45, 7) is 0. The van der Waals surface area contributed by atoms with Gasteiger partial charge in [-0.25, -0.2) is 18.0 Å². The van der Waals surface area contributed by atoms with Gasteiger partial charge in [0.2, 0.25) is 0 Å². The molecule has 0 aliphatic heterocycles. The molecule has 1 aromatic carbocycles. The van der Waals surface area contributed by atoms with E-state index in [9.17, 15) is 8.42 Å². The van der Waals surface area contributed by atoms with Crippen LogP contribution in [0, 0.1) is 0 Å². The molecule has 0 aliphatic carbocycles. The second-order valence-corrected chi connectivity index (χ2v) is 5.36. The van der Waals surface area contributed by atoms with Gasteiger partial charge in [-0.05, 0) is 34.6 Å². The first-order chi connectivity index (χ1) is 9.17. The van der Waals surface area contributed by atoms with Gasteiger partial charge in [-0.15, -0.1) is 0 Å². The maximum Gasteiger partial charge on any atom is 0.265 e. The van der Waals surface area contributed by atoms with Gasteiger partial charge >= 0.3 is 0 Å². The van der Waals surface area contributed by atoms with E-state index in [1.54, 1.807) is 30.3 Å². The molecule has 0 aliphatic rings. The van der Waals surface area contributed by atoms with E-state index in [1.807, 2.05) is 0 Å². The van der Waals surface area contributed by atoms with E-state index < -0.39 is 10.0 Å². The van der Waals surface area contributed by atoms with Crippen molar-refractivity contribution in [3.63, 3.8) is 0 Å². The summed E-state index contributed by atoms with van der Waals surface area (Å²) in [7, 11) is -3.78. The third-order valence-corrected chi connectivity index (χ3v) is 3.83. The van der Waals surface area contributed by atoms with Crippen LogP contribution in [0.15, 0.2) is 52.1 Å². The zero-order valence-corrected chi connectivity index (χ0v) is 10.3. The van der Waals surface area contributed by atoms with Crippen molar-refractivity contribution in [1.82, 2.24) is 15.3 Å². The van der Waals surface area contributed by atoms with Crippen molar-refractivity contribution in [1.29, 1.82) is 0 Å². The Morgan fingerprint density at radius 3 is 2.74 bits per heavy atom. The van der Waals surface area contributed by atoms with Crippen LogP contribution in [0.4, 0.5) is 5.82 Å². The Hall–Kier alpha value is -2.48. The number of benzene rings is 1. The Morgan fingerprint density at radius 1 is 1.05 bits per heavy atom. The summed E-state index contributed by atoms with van der Waals surface area (Å²) in [4.78, 5) is 3.90. The fourth-order valence-electron chi connectivity index (χ4n) is 1.61. The number of hydrogen-bond acceptors (Lipinski definition) is 6. The molecule has 8 heteroatoms. The van der Waals surface area contributed by atoms with Crippen LogP contribution >= 0.6 is 0 Å². The van der Waals surface area contributed by atoms with E-state index in [2.05, 4.69) is 24.6 Å². The molecule has 0 saturated carbocycles. The quantitative estimate of drug-likeness (QED) is 0.776. The van der Waals surface area contributed by atoms with Gasteiger partial charge in [-0.2, -0.15) is 0 Å². The Balaban J connectivity index is 2.08. The minimum Gasteiger partial charge on any atom is -0.263 e. The molecule has 3 rings (SSSR count). The summed E-state index contributed by atoms with van der Waals surface area (Å²) in [6, 6.07) is 9.55. The number of hydrogen-bond donors (Lipinski definition) is 1. The SMILES string of the molecule is O=S(=O)(Nc1ccccn1)c1cccc2nonc12. The molecule has 0 radical (unpaired) electrons. The van der Waals surface area contributed by atoms with Gasteiger partial charge < -0.3 is 0 Å². The second kappa shape index (κ2) is 4.32. The molecule has 0 unspecified atom stereocenters. The van der Waals surface area contributed by atoms with Crippen molar-refractivity contribution in [2.75, 3.05) is 4.72 Å². The van der Waals surface area contributed by atoms with Gasteiger partial charge in [0.25, 0.3) is 10.0 Å². The number of nitrogens with one attached hydrogen (secondary N) is 1. The fraction of sp³-hybridized carbons (Fsp3) is 0. The third kappa shape index (κ3) is 2.13. The van der Waals surface area contributed by atoms with Crippen molar-refractivity contribution < 1.29 is 13.0 Å². The van der Waals surface area contributed by atoms with E-state index in [1.165, 1.54) is 12.3 Å². The molecule has 1 N–H and O–H groups in total. The van der Waals surface area contributed by atoms with Crippen molar-refractivity contribution in [2.24, 2.45) is 0 Å². The van der Waals surface area contributed by atoms with E-state index in [0.717, 1.165) is 0 Å². The van der Waals surface area contributed by atoms with Crippen LogP contribution in [0.2, 0.25) is 0 Å². The molecule has 2 heterocycles. The highest BCUT2D eigenvalue weighted by molar-refractivity contribution is 7.93. The zero-order valence-electron chi connectivity index (χ0n) is 9.52. The van der Waals surface area contributed by atoms with Crippen LogP contribution in [0.3, 0.4) is 0 Å². The minimum atomic E-state index is -3.78. The van der Waals surface area contributed by atoms with Crippen LogP contribution < -0.4 is 4.72 Å². The van der Waals surface area contributed by atoms with E-state index in [0.29, 0.717) is 5.52 Å². The lowest BCUT2D eigenvalue weighted by atomic mass is 10.3. The molecule has 0 saturated heterocycles. The molecule has 3 aromatic rings. The Labute approximate surface area is 108 Å². The molecular formula is C11H8N4O3S. The standard InChI is InChI=1S/C11H8N4O3S/c16-19(17,15-10-6-1-2-7-12-10)9-5-3-4-8-11(9)14-18-13-8/h1-7H,(H,12,15). The lowest BCUT2D eigenvalue weighted by Crippen LogP contribution is -2.14. The van der Waals surface area contributed by atoms with Gasteiger partial charge in [-0.3, -0.25) is 4.72 Å². The molecule has 19 heavy (non-hydrogen) atoms. The molecule has 96 valence electrons. The van der Waals surface area contributed by atoms with Crippen molar-refractivity contribution in [3.8, 4) is 0 Å². The van der Waals surface area contributed by atoms with Crippen LogP contribution in [0.1, 0.15) is 0 Å². The van der Waals surface area contributed by atoms with Crippen LogP contribution in [0.5, 0.6) is 0 Å². The zero-order chi connectivity index (χ0) is 13.3. The maximum atomic E-state index is 12.3. The second-order valence-electron chi connectivity index (χ2n) is 3.71. The molecule has 0 atom stereocenters. The first-order valence-corrected chi connectivity index (χ1v) is 6.80. The highest BCUT2D eigenvalue weighted by Crippen LogP contribution is 2.21. The molecule has 2 aromatic heterocycles. The van der Waals surface area contributed by atoms with Crippen molar-refractivity contribution >= 4 is 26.9 Å². The summed E-state index contributed by atoms with van der Waals surface area (Å²) in [6.07, 6.45) is 1.50. The largest absolute Gasteiger partial charge is 0.265 e. The molecule has 0 amide bonds. The van der Waals surface area contributed by atoms with Crippen LogP contribution in [-0.2, 0) is 10.0 Å².